The van der Waals surface area contributed by atoms with E-state index in [1.54, 1.807) is 68.4 Å². The van der Waals surface area contributed by atoms with Gasteiger partial charge in [0.15, 0.2) is 0 Å². The van der Waals surface area contributed by atoms with Crippen molar-refractivity contribution in [3.8, 4) is 11.5 Å². The second-order valence-corrected chi connectivity index (χ2v) is 11.2. The molecule has 1 N–H and O–H groups in total. The fourth-order valence-electron chi connectivity index (χ4n) is 3.66. The van der Waals surface area contributed by atoms with Gasteiger partial charge in [-0.3, -0.25) is 13.9 Å². The van der Waals surface area contributed by atoms with Crippen molar-refractivity contribution in [2.75, 3.05) is 23.7 Å². The molecule has 0 heterocycles. The number of nitrogens with one attached hydrogen (secondary N) is 1. The lowest BCUT2D eigenvalue weighted by Crippen LogP contribution is -2.51. The average Bonchev–Trinajstić information content (AvgIpc) is 2.88. The molecule has 0 bridgehead atoms. The molecule has 0 aliphatic carbocycles. The molecule has 3 aromatic rings. The van der Waals surface area contributed by atoms with Crippen LogP contribution in [0.2, 0.25) is 10.0 Å². The number of para-hydroxylation sites is 1. The van der Waals surface area contributed by atoms with E-state index in [1.165, 1.54) is 4.90 Å². The number of carbonyl (C=O) groups is 2. The van der Waals surface area contributed by atoms with Gasteiger partial charge in [-0.25, -0.2) is 8.42 Å². The standard InChI is InChI=1S/C27H29Cl2N3O5S/c1-4-30-27(34)19(2)31(17-20-10-15-24(28)25(29)16-20)26(33)18-32(38(3,35)36)21-11-13-23(14-12-21)37-22-8-6-5-7-9-22/h5-16,19H,4,17-18H2,1-3H3,(H,30,34)/t19-/m0/s1. The predicted octanol–water partition coefficient (Wildman–Crippen LogP) is 5.11. The number of carbonyl (C=O) groups excluding carboxylic acids is 2. The third-order valence-electron chi connectivity index (χ3n) is 5.64. The van der Waals surface area contributed by atoms with Gasteiger partial charge in [0, 0.05) is 13.1 Å². The first kappa shape index (κ1) is 29.3. The summed E-state index contributed by atoms with van der Waals surface area (Å²) in [5, 5.41) is 3.36. The Morgan fingerprint density at radius 2 is 1.58 bits per heavy atom. The van der Waals surface area contributed by atoms with Crippen LogP contribution in [-0.2, 0) is 26.2 Å². The smallest absolute Gasteiger partial charge is 0.244 e. The highest BCUT2D eigenvalue weighted by molar-refractivity contribution is 7.92. The molecule has 1 atom stereocenters. The number of nitrogens with zero attached hydrogens (tertiary/aromatic N) is 2. The van der Waals surface area contributed by atoms with Crippen molar-refractivity contribution in [2.45, 2.75) is 26.4 Å². The quantitative estimate of drug-likeness (QED) is 0.342. The monoisotopic (exact) mass is 577 g/mol. The van der Waals surface area contributed by atoms with Gasteiger partial charge < -0.3 is 15.0 Å². The maximum absolute atomic E-state index is 13.5. The number of sulfonamides is 1. The number of ether oxygens (including phenoxy) is 1. The number of hydrogen-bond donors (Lipinski definition) is 1. The molecule has 0 fully saturated rings. The summed E-state index contributed by atoms with van der Waals surface area (Å²) in [6, 6.07) is 19.5. The molecule has 0 aromatic heterocycles. The molecule has 38 heavy (non-hydrogen) atoms. The largest absolute Gasteiger partial charge is 0.457 e. The number of hydrogen-bond acceptors (Lipinski definition) is 5. The van der Waals surface area contributed by atoms with Gasteiger partial charge in [-0.05, 0) is 67.9 Å². The zero-order chi connectivity index (χ0) is 27.9. The van der Waals surface area contributed by atoms with E-state index in [9.17, 15) is 18.0 Å². The zero-order valence-corrected chi connectivity index (χ0v) is 23.6. The van der Waals surface area contributed by atoms with Crippen molar-refractivity contribution >= 4 is 50.7 Å². The van der Waals surface area contributed by atoms with E-state index in [0.29, 0.717) is 33.7 Å². The summed E-state index contributed by atoms with van der Waals surface area (Å²) in [4.78, 5) is 27.5. The molecule has 3 rings (SSSR count). The first-order valence-corrected chi connectivity index (χ1v) is 14.4. The number of anilines is 1. The normalized spacial score (nSPS) is 11.9. The van der Waals surface area contributed by atoms with E-state index in [-0.39, 0.29) is 18.1 Å². The maximum Gasteiger partial charge on any atom is 0.244 e. The van der Waals surface area contributed by atoms with E-state index in [4.69, 9.17) is 27.9 Å². The molecule has 0 radical (unpaired) electrons. The minimum atomic E-state index is -3.85. The third-order valence-corrected chi connectivity index (χ3v) is 7.52. The summed E-state index contributed by atoms with van der Waals surface area (Å²) in [7, 11) is -3.85. The minimum Gasteiger partial charge on any atom is -0.457 e. The van der Waals surface area contributed by atoms with E-state index < -0.39 is 28.5 Å². The van der Waals surface area contributed by atoms with E-state index >= 15 is 0 Å². The van der Waals surface area contributed by atoms with Crippen LogP contribution in [0.25, 0.3) is 0 Å². The summed E-state index contributed by atoms with van der Waals surface area (Å²) in [5.41, 5.74) is 0.915. The molecule has 0 spiro atoms. The molecular formula is C27H29Cl2N3O5S. The van der Waals surface area contributed by atoms with Gasteiger partial charge in [-0.15, -0.1) is 0 Å². The number of halogens is 2. The van der Waals surface area contributed by atoms with Gasteiger partial charge in [0.25, 0.3) is 0 Å². The van der Waals surface area contributed by atoms with E-state index in [0.717, 1.165) is 10.6 Å². The number of amides is 2. The van der Waals surface area contributed by atoms with Crippen LogP contribution >= 0.6 is 23.2 Å². The molecule has 0 aliphatic rings. The van der Waals surface area contributed by atoms with Crippen LogP contribution in [0.4, 0.5) is 5.69 Å². The fourth-order valence-corrected chi connectivity index (χ4v) is 4.83. The molecule has 0 saturated carbocycles. The molecule has 11 heteroatoms. The Labute approximate surface area is 233 Å². The van der Waals surface area contributed by atoms with Crippen molar-refractivity contribution in [1.82, 2.24) is 10.2 Å². The van der Waals surface area contributed by atoms with Gasteiger partial charge in [0.2, 0.25) is 21.8 Å². The summed E-state index contributed by atoms with van der Waals surface area (Å²) in [6.45, 7) is 3.25. The van der Waals surface area contributed by atoms with Crippen LogP contribution in [0, 0.1) is 0 Å². The Balaban J connectivity index is 1.87. The predicted molar refractivity (Wildman–Crippen MR) is 150 cm³/mol. The van der Waals surface area contributed by atoms with Crippen molar-refractivity contribution in [3.05, 3.63) is 88.4 Å². The Bertz CT molecular complexity index is 1370. The molecule has 0 aliphatic heterocycles. The van der Waals surface area contributed by atoms with E-state index in [1.807, 2.05) is 18.2 Å². The lowest BCUT2D eigenvalue weighted by Gasteiger charge is -2.31. The van der Waals surface area contributed by atoms with Crippen molar-refractivity contribution in [3.63, 3.8) is 0 Å². The van der Waals surface area contributed by atoms with Crippen LogP contribution in [0.15, 0.2) is 72.8 Å². The third kappa shape index (κ3) is 7.86. The molecular weight excluding hydrogens is 549 g/mol. The Morgan fingerprint density at radius 1 is 0.947 bits per heavy atom. The van der Waals surface area contributed by atoms with Crippen molar-refractivity contribution < 1.29 is 22.7 Å². The van der Waals surface area contributed by atoms with Crippen LogP contribution in [-0.4, -0.2) is 50.5 Å². The number of likely N-dealkylation sites (N-methyl/N-ethyl adjacent to an activating group) is 1. The second-order valence-electron chi connectivity index (χ2n) is 8.52. The number of benzene rings is 3. The summed E-state index contributed by atoms with van der Waals surface area (Å²) in [6.07, 6.45) is 1.02. The highest BCUT2D eigenvalue weighted by atomic mass is 35.5. The van der Waals surface area contributed by atoms with Crippen molar-refractivity contribution in [1.29, 1.82) is 0 Å². The Hall–Kier alpha value is -3.27. The molecule has 0 unspecified atom stereocenters. The van der Waals surface area contributed by atoms with Gasteiger partial charge in [0.05, 0.1) is 22.0 Å². The van der Waals surface area contributed by atoms with Gasteiger partial charge >= 0.3 is 0 Å². The highest BCUT2D eigenvalue weighted by Crippen LogP contribution is 2.27. The van der Waals surface area contributed by atoms with E-state index in [2.05, 4.69) is 5.32 Å². The lowest BCUT2D eigenvalue weighted by atomic mass is 10.1. The minimum absolute atomic E-state index is 0.0233. The Morgan fingerprint density at radius 3 is 2.16 bits per heavy atom. The highest BCUT2D eigenvalue weighted by Gasteiger charge is 2.30. The molecule has 0 saturated heterocycles. The first-order chi connectivity index (χ1) is 18.0. The van der Waals surface area contributed by atoms with Crippen molar-refractivity contribution in [2.24, 2.45) is 0 Å². The van der Waals surface area contributed by atoms with Gasteiger partial charge in [0.1, 0.15) is 24.1 Å². The van der Waals surface area contributed by atoms with Crippen LogP contribution < -0.4 is 14.4 Å². The van der Waals surface area contributed by atoms with Crippen LogP contribution in [0.3, 0.4) is 0 Å². The molecule has 202 valence electrons. The maximum atomic E-state index is 13.5. The van der Waals surface area contributed by atoms with Crippen LogP contribution in [0.1, 0.15) is 19.4 Å². The SMILES string of the molecule is CCNC(=O)[C@H](C)N(Cc1ccc(Cl)c(Cl)c1)C(=O)CN(c1ccc(Oc2ccccc2)cc1)S(C)(=O)=O. The lowest BCUT2D eigenvalue weighted by molar-refractivity contribution is -0.139. The average molecular weight is 579 g/mol. The number of rotatable bonds is 11. The first-order valence-electron chi connectivity index (χ1n) is 11.8. The molecule has 8 nitrogen and oxygen atoms in total. The van der Waals surface area contributed by atoms with Crippen LogP contribution in [0.5, 0.6) is 11.5 Å². The summed E-state index contributed by atoms with van der Waals surface area (Å²) >= 11 is 12.2. The zero-order valence-electron chi connectivity index (χ0n) is 21.2. The summed E-state index contributed by atoms with van der Waals surface area (Å²) in [5.74, 6) is 0.206. The van der Waals surface area contributed by atoms with Gasteiger partial charge in [-0.2, -0.15) is 0 Å². The molecule has 2 amide bonds. The summed E-state index contributed by atoms with van der Waals surface area (Å²) < 4.78 is 32.2. The fraction of sp³-hybridized carbons (Fsp3) is 0.259. The molecule has 3 aromatic carbocycles. The Kier molecular flexibility index (Phi) is 10.0. The second kappa shape index (κ2) is 13.0. The topological polar surface area (TPSA) is 96.0 Å². The van der Waals surface area contributed by atoms with Gasteiger partial charge in [-0.1, -0.05) is 47.5 Å².